The van der Waals surface area contributed by atoms with Gasteiger partial charge in [0.1, 0.15) is 5.82 Å². The maximum Gasteiger partial charge on any atom is 0.251 e. The predicted octanol–water partition coefficient (Wildman–Crippen LogP) is 4.91. The van der Waals surface area contributed by atoms with Crippen LogP contribution in [0.15, 0.2) is 53.3 Å². The van der Waals surface area contributed by atoms with Crippen LogP contribution in [-0.4, -0.2) is 47.2 Å². The van der Waals surface area contributed by atoms with Gasteiger partial charge in [0, 0.05) is 17.7 Å². The van der Waals surface area contributed by atoms with Crippen LogP contribution in [0.1, 0.15) is 5.56 Å². The Morgan fingerprint density at radius 2 is 1.22 bits per heavy atom. The monoisotopic (exact) mass is 509 g/mol. The number of methoxy groups -OCH3 is 6. The zero-order chi connectivity index (χ0) is 26.7. The van der Waals surface area contributed by atoms with E-state index in [2.05, 4.69) is 0 Å². The number of ether oxygens (including phenoxy) is 6. The Bertz CT molecular complexity index is 1470. The van der Waals surface area contributed by atoms with Gasteiger partial charge in [0.15, 0.2) is 23.0 Å². The molecule has 0 amide bonds. The molecule has 4 rings (SSSR count). The average Bonchev–Trinajstić information content (AvgIpc) is 2.92. The summed E-state index contributed by atoms with van der Waals surface area (Å²) in [6, 6.07) is 12.7. The number of hydrogen-bond donors (Lipinski definition) is 0. The molecule has 37 heavy (non-hydrogen) atoms. The SMILES string of the molecule is COc1cc(Cn2c(=O)cc(-c3ccc(F)cc3)c3c(OC)c(OC)c(OC)cc32)cc(OC)c1OC. The fourth-order valence-corrected chi connectivity index (χ4v) is 4.44. The Hall–Kier alpha value is -4.40. The summed E-state index contributed by atoms with van der Waals surface area (Å²) in [5.41, 5.74) is 2.21. The highest BCUT2D eigenvalue weighted by Gasteiger charge is 2.23. The second-order valence-electron chi connectivity index (χ2n) is 8.06. The molecular weight excluding hydrogens is 481 g/mol. The molecule has 0 atom stereocenters. The molecule has 0 saturated heterocycles. The van der Waals surface area contributed by atoms with E-state index in [4.69, 9.17) is 28.4 Å². The quantitative estimate of drug-likeness (QED) is 0.317. The van der Waals surface area contributed by atoms with Crippen molar-refractivity contribution in [1.82, 2.24) is 4.57 Å². The standard InChI is InChI=1S/C28H28FNO7/c1-32-21-11-16(12-22(33-2)26(21)35-4)15-30-20-14-23(34-3)27(36-5)28(37-6)25(20)19(13-24(30)31)17-7-9-18(29)10-8-17/h7-14H,15H2,1-6H3. The lowest BCUT2D eigenvalue weighted by Crippen LogP contribution is -2.21. The molecule has 0 radical (unpaired) electrons. The van der Waals surface area contributed by atoms with E-state index >= 15 is 0 Å². The second-order valence-corrected chi connectivity index (χ2v) is 8.06. The normalized spacial score (nSPS) is 10.8. The van der Waals surface area contributed by atoms with E-state index in [1.807, 2.05) is 0 Å². The summed E-state index contributed by atoms with van der Waals surface area (Å²) >= 11 is 0. The summed E-state index contributed by atoms with van der Waals surface area (Å²) in [5.74, 6) is 2.15. The van der Waals surface area contributed by atoms with Crippen molar-refractivity contribution < 1.29 is 32.8 Å². The average molecular weight is 510 g/mol. The van der Waals surface area contributed by atoms with Crippen molar-refractivity contribution in [3.8, 4) is 45.6 Å². The minimum absolute atomic E-state index is 0.175. The molecule has 0 bridgehead atoms. The summed E-state index contributed by atoms with van der Waals surface area (Å²) < 4.78 is 48.6. The zero-order valence-corrected chi connectivity index (χ0v) is 21.5. The number of halogens is 1. The van der Waals surface area contributed by atoms with Crippen LogP contribution in [-0.2, 0) is 6.54 Å². The molecule has 194 valence electrons. The number of benzene rings is 3. The minimum atomic E-state index is -0.380. The van der Waals surface area contributed by atoms with Crippen LogP contribution in [0.3, 0.4) is 0 Å². The third-order valence-electron chi connectivity index (χ3n) is 6.12. The fraction of sp³-hybridized carbons (Fsp3) is 0.250. The minimum Gasteiger partial charge on any atom is -0.493 e. The topological polar surface area (TPSA) is 77.4 Å². The van der Waals surface area contributed by atoms with Gasteiger partial charge in [-0.2, -0.15) is 0 Å². The molecule has 9 heteroatoms. The van der Waals surface area contributed by atoms with E-state index in [0.717, 1.165) is 5.56 Å². The highest BCUT2D eigenvalue weighted by molar-refractivity contribution is 6.02. The van der Waals surface area contributed by atoms with E-state index in [9.17, 15) is 9.18 Å². The molecule has 8 nitrogen and oxygen atoms in total. The molecular formula is C28H28FNO7. The fourth-order valence-electron chi connectivity index (χ4n) is 4.44. The third kappa shape index (κ3) is 4.60. The zero-order valence-electron chi connectivity index (χ0n) is 21.5. The van der Waals surface area contributed by atoms with Crippen LogP contribution in [0.25, 0.3) is 22.0 Å². The summed E-state index contributed by atoms with van der Waals surface area (Å²) in [6.45, 7) is 0.175. The molecule has 0 spiro atoms. The Morgan fingerprint density at radius 1 is 0.676 bits per heavy atom. The molecule has 0 aliphatic heterocycles. The van der Waals surface area contributed by atoms with Crippen molar-refractivity contribution in [2.75, 3.05) is 42.7 Å². The second kappa shape index (κ2) is 10.7. The van der Waals surface area contributed by atoms with Crippen LogP contribution in [0.5, 0.6) is 34.5 Å². The van der Waals surface area contributed by atoms with Crippen molar-refractivity contribution in [3.63, 3.8) is 0 Å². The van der Waals surface area contributed by atoms with Gasteiger partial charge in [0.2, 0.25) is 11.5 Å². The maximum atomic E-state index is 13.7. The number of hydrogen-bond acceptors (Lipinski definition) is 7. The largest absolute Gasteiger partial charge is 0.493 e. The molecule has 0 N–H and O–H groups in total. The Kier molecular flexibility index (Phi) is 7.42. The number of aromatic nitrogens is 1. The van der Waals surface area contributed by atoms with E-state index in [1.54, 1.807) is 34.9 Å². The van der Waals surface area contributed by atoms with Crippen molar-refractivity contribution in [2.45, 2.75) is 6.54 Å². The van der Waals surface area contributed by atoms with Crippen molar-refractivity contribution in [3.05, 3.63) is 70.3 Å². The van der Waals surface area contributed by atoms with Crippen LogP contribution < -0.4 is 34.0 Å². The van der Waals surface area contributed by atoms with Gasteiger partial charge in [0.05, 0.1) is 60.1 Å². The van der Waals surface area contributed by atoms with Gasteiger partial charge in [-0.25, -0.2) is 4.39 Å². The van der Waals surface area contributed by atoms with Gasteiger partial charge in [-0.15, -0.1) is 0 Å². The van der Waals surface area contributed by atoms with Gasteiger partial charge in [0.25, 0.3) is 5.56 Å². The number of pyridine rings is 1. The Morgan fingerprint density at radius 3 is 1.73 bits per heavy atom. The van der Waals surface area contributed by atoms with E-state index in [-0.39, 0.29) is 17.9 Å². The highest BCUT2D eigenvalue weighted by Crippen LogP contribution is 2.46. The Balaban J connectivity index is 2.05. The van der Waals surface area contributed by atoms with Gasteiger partial charge in [-0.1, -0.05) is 12.1 Å². The molecule has 0 aliphatic carbocycles. The van der Waals surface area contributed by atoms with Crippen LogP contribution >= 0.6 is 0 Å². The smallest absolute Gasteiger partial charge is 0.251 e. The van der Waals surface area contributed by atoms with Gasteiger partial charge < -0.3 is 33.0 Å². The maximum absolute atomic E-state index is 13.7. The first kappa shape index (κ1) is 25.7. The van der Waals surface area contributed by atoms with Gasteiger partial charge in [-0.3, -0.25) is 4.79 Å². The Labute approximate surface area is 213 Å². The third-order valence-corrected chi connectivity index (χ3v) is 6.12. The molecule has 0 aliphatic rings. The van der Waals surface area contributed by atoms with Gasteiger partial charge in [-0.05, 0) is 35.4 Å². The van der Waals surface area contributed by atoms with E-state index < -0.39 is 0 Å². The lowest BCUT2D eigenvalue weighted by atomic mass is 9.99. The van der Waals surface area contributed by atoms with Crippen molar-refractivity contribution in [2.24, 2.45) is 0 Å². The first-order chi connectivity index (χ1) is 17.9. The molecule has 3 aromatic carbocycles. The predicted molar refractivity (Wildman–Crippen MR) is 138 cm³/mol. The van der Waals surface area contributed by atoms with Crippen molar-refractivity contribution >= 4 is 10.9 Å². The molecule has 0 saturated carbocycles. The molecule has 0 unspecified atom stereocenters. The number of fused-ring (bicyclic) bond motifs is 1. The highest BCUT2D eigenvalue weighted by atomic mass is 19.1. The molecule has 4 aromatic rings. The summed E-state index contributed by atoms with van der Waals surface area (Å²) in [6.07, 6.45) is 0. The first-order valence-electron chi connectivity index (χ1n) is 11.3. The summed E-state index contributed by atoms with van der Waals surface area (Å²) in [7, 11) is 9.12. The molecule has 1 aromatic heterocycles. The van der Waals surface area contributed by atoms with Crippen LogP contribution in [0.4, 0.5) is 4.39 Å². The van der Waals surface area contributed by atoms with E-state index in [1.165, 1.54) is 60.9 Å². The molecule has 0 fully saturated rings. The summed E-state index contributed by atoms with van der Waals surface area (Å²) in [4.78, 5) is 13.6. The van der Waals surface area contributed by atoms with Gasteiger partial charge >= 0.3 is 0 Å². The lowest BCUT2D eigenvalue weighted by molar-refractivity contribution is 0.323. The van der Waals surface area contributed by atoms with Crippen LogP contribution in [0.2, 0.25) is 0 Å². The number of rotatable bonds is 9. The lowest BCUT2D eigenvalue weighted by Gasteiger charge is -2.21. The first-order valence-corrected chi connectivity index (χ1v) is 11.3. The summed E-state index contributed by atoms with van der Waals surface area (Å²) in [5, 5.41) is 0.610. The van der Waals surface area contributed by atoms with E-state index in [0.29, 0.717) is 56.5 Å². The number of nitrogens with zero attached hydrogens (tertiary/aromatic N) is 1. The van der Waals surface area contributed by atoms with Crippen LogP contribution in [0, 0.1) is 5.82 Å². The molecule has 1 heterocycles. The van der Waals surface area contributed by atoms with Crippen molar-refractivity contribution in [1.29, 1.82) is 0 Å².